The molecule has 0 saturated carbocycles. The van der Waals surface area contributed by atoms with Gasteiger partial charge in [0, 0.05) is 23.7 Å². The summed E-state index contributed by atoms with van der Waals surface area (Å²) in [6.07, 6.45) is 7.55. The van der Waals surface area contributed by atoms with E-state index in [1.165, 1.54) is 5.39 Å². The summed E-state index contributed by atoms with van der Waals surface area (Å²) in [6.45, 7) is 2.18. The molecule has 0 aliphatic rings. The van der Waals surface area contributed by atoms with Gasteiger partial charge in [-0.2, -0.15) is 5.10 Å². The lowest BCUT2D eigenvalue weighted by Crippen LogP contribution is -2.44. The van der Waals surface area contributed by atoms with Gasteiger partial charge in [0.1, 0.15) is 5.75 Å². The lowest BCUT2D eigenvalue weighted by Gasteiger charge is -2.12. The van der Waals surface area contributed by atoms with Gasteiger partial charge < -0.3 is 10.8 Å². The number of rotatable bonds is 12. The minimum atomic E-state index is -0.838. The number of aryl methyl sites for hydroxylation is 2. The lowest BCUT2D eigenvalue weighted by molar-refractivity contribution is -0.131. The first-order valence-corrected chi connectivity index (χ1v) is 13.2. The molecule has 0 saturated heterocycles. The number of nitrogens with one attached hydrogen (secondary N) is 1. The summed E-state index contributed by atoms with van der Waals surface area (Å²) in [6, 6.07) is 18.0. The van der Waals surface area contributed by atoms with Crippen LogP contribution >= 0.6 is 0 Å². The van der Waals surface area contributed by atoms with Crippen LogP contribution in [0, 0.1) is 0 Å². The number of imide groups is 1. The molecule has 0 radical (unpaired) electrons. The Morgan fingerprint density at radius 2 is 1.82 bits per heavy atom. The Kier molecular flexibility index (Phi) is 9.21. The van der Waals surface area contributed by atoms with E-state index < -0.39 is 11.9 Å². The van der Waals surface area contributed by atoms with Gasteiger partial charge in [-0.25, -0.2) is 9.67 Å². The summed E-state index contributed by atoms with van der Waals surface area (Å²) in [7, 11) is 0. The van der Waals surface area contributed by atoms with Crippen molar-refractivity contribution in [2.45, 2.75) is 64.3 Å². The fourth-order valence-electron chi connectivity index (χ4n) is 4.49. The molecule has 1 atom stereocenters. The van der Waals surface area contributed by atoms with Crippen molar-refractivity contribution >= 4 is 22.6 Å². The largest absolute Gasteiger partial charge is 0.508 e. The Bertz CT molecular complexity index is 1380. The van der Waals surface area contributed by atoms with Gasteiger partial charge in [-0.05, 0) is 73.7 Å². The highest BCUT2D eigenvalue weighted by Gasteiger charge is 2.17. The van der Waals surface area contributed by atoms with E-state index in [-0.39, 0.29) is 24.5 Å². The van der Waals surface area contributed by atoms with Crippen molar-refractivity contribution in [1.29, 1.82) is 0 Å². The van der Waals surface area contributed by atoms with Gasteiger partial charge in [-0.15, -0.1) is 0 Å². The van der Waals surface area contributed by atoms with Crippen molar-refractivity contribution in [3.05, 3.63) is 83.8 Å². The molecule has 38 heavy (non-hydrogen) atoms. The number of fused-ring (bicyclic) bond motifs is 1. The number of benzene rings is 2. The molecule has 0 bridgehead atoms. The van der Waals surface area contributed by atoms with E-state index in [1.807, 2.05) is 22.9 Å². The van der Waals surface area contributed by atoms with Crippen LogP contribution in [0.1, 0.15) is 56.0 Å². The number of hydrogen-bond acceptors (Lipinski definition) is 6. The van der Waals surface area contributed by atoms with E-state index in [0.717, 1.165) is 60.3 Å². The monoisotopic (exact) mass is 513 g/mol. The van der Waals surface area contributed by atoms with E-state index >= 15 is 0 Å². The van der Waals surface area contributed by atoms with Gasteiger partial charge in [-0.3, -0.25) is 14.9 Å². The first kappa shape index (κ1) is 27.0. The maximum atomic E-state index is 12.3. The zero-order chi connectivity index (χ0) is 26.9. The van der Waals surface area contributed by atoms with Gasteiger partial charge in [0.25, 0.3) is 0 Å². The number of nitrogens with two attached hydrogens (primary N) is 1. The van der Waals surface area contributed by atoms with Gasteiger partial charge in [0.2, 0.25) is 11.8 Å². The minimum Gasteiger partial charge on any atom is -0.508 e. The van der Waals surface area contributed by atoms with Gasteiger partial charge in [-0.1, -0.05) is 49.7 Å². The fourth-order valence-corrected chi connectivity index (χ4v) is 4.49. The maximum Gasteiger partial charge on any atom is 0.243 e. The Hall–Kier alpha value is -4.04. The SMILES string of the molecule is CCCCc1nc(-n2nccc2CCCCC(=O)NC(=O)[C@@H](N)Cc2ccc(O)cc2)cc2ccccc12. The zero-order valence-corrected chi connectivity index (χ0v) is 21.8. The summed E-state index contributed by atoms with van der Waals surface area (Å²) in [5.74, 6) is 0.125. The summed E-state index contributed by atoms with van der Waals surface area (Å²) >= 11 is 0. The highest BCUT2D eigenvalue weighted by Crippen LogP contribution is 2.23. The number of aromatic hydroxyl groups is 1. The van der Waals surface area contributed by atoms with Crippen LogP contribution in [0.4, 0.5) is 0 Å². The quantitative estimate of drug-likeness (QED) is 0.241. The smallest absolute Gasteiger partial charge is 0.243 e. The third kappa shape index (κ3) is 7.04. The number of amides is 2. The molecule has 8 heteroatoms. The van der Waals surface area contributed by atoms with Crippen LogP contribution in [0.5, 0.6) is 5.75 Å². The van der Waals surface area contributed by atoms with E-state index in [9.17, 15) is 14.7 Å². The summed E-state index contributed by atoms with van der Waals surface area (Å²) in [5, 5.41) is 18.6. The third-order valence-corrected chi connectivity index (χ3v) is 6.59. The van der Waals surface area contributed by atoms with Gasteiger partial charge in [0.05, 0.1) is 11.7 Å². The molecule has 0 fully saturated rings. The maximum absolute atomic E-state index is 12.3. The number of carbonyl (C=O) groups is 2. The predicted octanol–water partition coefficient (Wildman–Crippen LogP) is 4.39. The molecular formula is C30H35N5O3. The first-order chi connectivity index (χ1) is 18.4. The van der Waals surface area contributed by atoms with Gasteiger partial charge >= 0.3 is 0 Å². The highest BCUT2D eigenvalue weighted by atomic mass is 16.3. The number of nitrogens with zero attached hydrogens (tertiary/aromatic N) is 3. The summed E-state index contributed by atoms with van der Waals surface area (Å²) in [5.41, 5.74) is 8.89. The van der Waals surface area contributed by atoms with E-state index in [1.54, 1.807) is 30.5 Å². The molecule has 2 aromatic carbocycles. The number of pyridine rings is 1. The predicted molar refractivity (Wildman–Crippen MR) is 148 cm³/mol. The normalized spacial score (nSPS) is 11.9. The molecule has 8 nitrogen and oxygen atoms in total. The lowest BCUT2D eigenvalue weighted by atomic mass is 10.1. The Morgan fingerprint density at radius 1 is 1.03 bits per heavy atom. The van der Waals surface area contributed by atoms with Crippen LogP contribution in [-0.4, -0.2) is 37.7 Å². The molecular weight excluding hydrogens is 478 g/mol. The zero-order valence-electron chi connectivity index (χ0n) is 21.8. The second kappa shape index (κ2) is 13.0. The van der Waals surface area contributed by atoms with E-state index in [0.29, 0.717) is 6.42 Å². The third-order valence-electron chi connectivity index (χ3n) is 6.59. The van der Waals surface area contributed by atoms with E-state index in [2.05, 4.69) is 35.5 Å². The molecule has 0 unspecified atom stereocenters. The van der Waals surface area contributed by atoms with Gasteiger partial charge in [0.15, 0.2) is 5.82 Å². The van der Waals surface area contributed by atoms with Crippen LogP contribution in [0.2, 0.25) is 0 Å². The number of phenols is 1. The molecule has 2 heterocycles. The molecule has 2 amide bonds. The molecule has 4 aromatic rings. The second-order valence-corrected chi connectivity index (χ2v) is 9.58. The molecule has 0 spiro atoms. The molecule has 4 N–H and O–H groups in total. The Morgan fingerprint density at radius 3 is 2.61 bits per heavy atom. The average Bonchev–Trinajstić information content (AvgIpc) is 3.39. The topological polar surface area (TPSA) is 123 Å². The Labute approximate surface area is 222 Å². The first-order valence-electron chi connectivity index (χ1n) is 13.2. The van der Waals surface area contributed by atoms with Crippen LogP contribution in [-0.2, 0) is 28.9 Å². The van der Waals surface area contributed by atoms with Crippen LogP contribution in [0.15, 0.2) is 66.9 Å². The molecule has 4 rings (SSSR count). The molecule has 2 aromatic heterocycles. The second-order valence-electron chi connectivity index (χ2n) is 9.58. The van der Waals surface area contributed by atoms with Crippen molar-refractivity contribution in [2.24, 2.45) is 5.73 Å². The Balaban J connectivity index is 1.30. The van der Waals surface area contributed by atoms with Crippen molar-refractivity contribution in [3.63, 3.8) is 0 Å². The van der Waals surface area contributed by atoms with Crippen LogP contribution < -0.4 is 11.1 Å². The average molecular weight is 514 g/mol. The summed E-state index contributed by atoms with van der Waals surface area (Å²) < 4.78 is 1.88. The van der Waals surface area contributed by atoms with Crippen molar-refractivity contribution in [3.8, 4) is 11.6 Å². The highest BCUT2D eigenvalue weighted by molar-refractivity contribution is 5.97. The number of carbonyl (C=O) groups excluding carboxylic acids is 2. The molecule has 0 aliphatic heterocycles. The number of hydrogen-bond donors (Lipinski definition) is 3. The van der Waals surface area contributed by atoms with Crippen LogP contribution in [0.3, 0.4) is 0 Å². The summed E-state index contributed by atoms with van der Waals surface area (Å²) in [4.78, 5) is 29.6. The number of aromatic nitrogens is 3. The molecule has 0 aliphatic carbocycles. The van der Waals surface area contributed by atoms with Crippen molar-refractivity contribution < 1.29 is 14.7 Å². The number of unbranched alkanes of at least 4 members (excludes halogenated alkanes) is 2. The van der Waals surface area contributed by atoms with E-state index in [4.69, 9.17) is 10.7 Å². The standard InChI is InChI=1S/C30H35N5O3/c1-2-3-11-27-25-10-6-4-8-22(25)20-28(33-27)35-23(17-18-32-35)9-5-7-12-29(37)34-30(38)26(31)19-21-13-15-24(36)16-14-21/h4,6,8,10,13-18,20,26,36H,2-3,5,7,9,11-12,19,31H2,1H3,(H,34,37,38)/t26-/m0/s1. The molecule has 198 valence electrons. The minimum absolute atomic E-state index is 0.148. The van der Waals surface area contributed by atoms with Crippen molar-refractivity contribution in [1.82, 2.24) is 20.1 Å². The number of phenolic OH excluding ortho intramolecular Hbond substituents is 1. The fraction of sp³-hybridized carbons (Fsp3) is 0.333. The van der Waals surface area contributed by atoms with Crippen molar-refractivity contribution in [2.75, 3.05) is 0 Å². The van der Waals surface area contributed by atoms with Crippen LogP contribution in [0.25, 0.3) is 16.6 Å².